The van der Waals surface area contributed by atoms with Crippen molar-refractivity contribution in [2.24, 2.45) is 10.9 Å². The summed E-state index contributed by atoms with van der Waals surface area (Å²) in [6.45, 7) is 6.92. The van der Waals surface area contributed by atoms with E-state index < -0.39 is 0 Å². The van der Waals surface area contributed by atoms with E-state index in [0.29, 0.717) is 12.0 Å². The second-order valence-electron chi connectivity index (χ2n) is 6.22. The minimum Gasteiger partial charge on any atom is -0.373 e. The Balaban J connectivity index is 1.63. The summed E-state index contributed by atoms with van der Waals surface area (Å²) in [7, 11) is 0. The first-order chi connectivity index (χ1) is 10.2. The van der Waals surface area contributed by atoms with E-state index in [9.17, 15) is 0 Å². The number of benzene rings is 1. The highest BCUT2D eigenvalue weighted by Gasteiger charge is 2.28. The Bertz CT molecular complexity index is 497. The van der Waals surface area contributed by atoms with Gasteiger partial charge in [-0.25, -0.2) is 0 Å². The fourth-order valence-corrected chi connectivity index (χ4v) is 3.06. The highest BCUT2D eigenvalue weighted by Crippen LogP contribution is 2.33. The average Bonchev–Trinajstić information content (AvgIpc) is 2.92. The van der Waals surface area contributed by atoms with E-state index in [1.165, 1.54) is 17.5 Å². The molecule has 114 valence electrons. The molecule has 1 aromatic carbocycles. The smallest absolute Gasteiger partial charge is 0.191 e. The summed E-state index contributed by atoms with van der Waals surface area (Å²) < 4.78 is 6.05. The molecule has 2 heterocycles. The summed E-state index contributed by atoms with van der Waals surface area (Å²) >= 11 is 0. The van der Waals surface area contributed by atoms with E-state index >= 15 is 0 Å². The van der Waals surface area contributed by atoms with Gasteiger partial charge in [-0.3, -0.25) is 4.99 Å². The Morgan fingerprint density at radius 1 is 1.33 bits per heavy atom. The van der Waals surface area contributed by atoms with Gasteiger partial charge >= 0.3 is 0 Å². The van der Waals surface area contributed by atoms with Crippen molar-refractivity contribution in [2.45, 2.75) is 38.8 Å². The summed E-state index contributed by atoms with van der Waals surface area (Å²) in [5.74, 6) is 1.44. The van der Waals surface area contributed by atoms with Crippen LogP contribution in [0.25, 0.3) is 0 Å². The number of aryl methyl sites for hydroxylation is 1. The van der Waals surface area contributed by atoms with Crippen molar-refractivity contribution in [3.8, 4) is 0 Å². The van der Waals surface area contributed by atoms with Gasteiger partial charge in [-0.2, -0.15) is 0 Å². The monoisotopic (exact) mass is 287 g/mol. The third kappa shape index (κ3) is 3.56. The van der Waals surface area contributed by atoms with Crippen LogP contribution < -0.4 is 10.6 Å². The second-order valence-corrected chi connectivity index (χ2v) is 6.22. The summed E-state index contributed by atoms with van der Waals surface area (Å²) in [6.07, 6.45) is 2.55. The average molecular weight is 287 g/mol. The van der Waals surface area contributed by atoms with Crippen molar-refractivity contribution in [2.75, 3.05) is 19.7 Å². The number of hydrogen-bond donors (Lipinski definition) is 2. The number of nitrogens with one attached hydrogen (secondary N) is 2. The van der Waals surface area contributed by atoms with Crippen molar-refractivity contribution in [1.29, 1.82) is 0 Å². The minimum atomic E-state index is 0.200. The lowest BCUT2D eigenvalue weighted by Gasteiger charge is -2.32. The zero-order valence-electron chi connectivity index (χ0n) is 12.9. The third-order valence-corrected chi connectivity index (χ3v) is 4.29. The van der Waals surface area contributed by atoms with Crippen molar-refractivity contribution in [1.82, 2.24) is 10.6 Å². The summed E-state index contributed by atoms with van der Waals surface area (Å²) in [6, 6.07) is 9.18. The maximum atomic E-state index is 6.05. The van der Waals surface area contributed by atoms with Crippen LogP contribution in [0.5, 0.6) is 0 Å². The van der Waals surface area contributed by atoms with Gasteiger partial charge in [0, 0.05) is 25.1 Å². The van der Waals surface area contributed by atoms with Crippen LogP contribution in [0.4, 0.5) is 0 Å². The maximum absolute atomic E-state index is 6.05. The molecule has 0 bridgehead atoms. The molecule has 0 radical (unpaired) electrons. The lowest BCUT2D eigenvalue weighted by Crippen LogP contribution is -2.41. The van der Waals surface area contributed by atoms with Gasteiger partial charge in [-0.15, -0.1) is 0 Å². The number of ether oxygens (including phenoxy) is 1. The Morgan fingerprint density at radius 2 is 2.14 bits per heavy atom. The number of rotatable bonds is 3. The van der Waals surface area contributed by atoms with Crippen LogP contribution in [-0.4, -0.2) is 31.7 Å². The predicted molar refractivity (Wildman–Crippen MR) is 85.5 cm³/mol. The van der Waals surface area contributed by atoms with Crippen LogP contribution in [0.15, 0.2) is 29.3 Å². The normalized spacial score (nSPS) is 28.9. The molecule has 0 aliphatic carbocycles. The van der Waals surface area contributed by atoms with Crippen LogP contribution in [-0.2, 0) is 4.74 Å². The lowest BCUT2D eigenvalue weighted by atomic mass is 9.89. The lowest BCUT2D eigenvalue weighted by molar-refractivity contribution is -0.0265. The van der Waals surface area contributed by atoms with Gasteiger partial charge in [0.15, 0.2) is 5.96 Å². The molecule has 2 aliphatic heterocycles. The molecule has 2 aliphatic rings. The van der Waals surface area contributed by atoms with Crippen molar-refractivity contribution < 1.29 is 4.74 Å². The fourth-order valence-electron chi connectivity index (χ4n) is 3.06. The standard InChI is InChI=1S/C17H25N3O/c1-12-5-7-14(8-6-12)16-15(4-3-9-21-16)11-19-17-18-10-13(2)20-17/h5-8,13,15-16H,3-4,9-11H2,1-2H3,(H2,18,19,20). The highest BCUT2D eigenvalue weighted by atomic mass is 16.5. The highest BCUT2D eigenvalue weighted by molar-refractivity contribution is 5.81. The van der Waals surface area contributed by atoms with Crippen LogP contribution in [0.1, 0.15) is 37.0 Å². The molecule has 3 unspecified atom stereocenters. The summed E-state index contributed by atoms with van der Waals surface area (Å²) in [4.78, 5) is 4.46. The third-order valence-electron chi connectivity index (χ3n) is 4.29. The van der Waals surface area contributed by atoms with E-state index in [1.54, 1.807) is 0 Å². The van der Waals surface area contributed by atoms with Crippen LogP contribution in [0.3, 0.4) is 0 Å². The summed E-state index contributed by atoms with van der Waals surface area (Å²) in [5, 5.41) is 6.81. The molecule has 0 spiro atoms. The molecule has 1 fully saturated rings. The van der Waals surface area contributed by atoms with Crippen LogP contribution in [0, 0.1) is 12.8 Å². The molecule has 21 heavy (non-hydrogen) atoms. The number of hydrogen-bond acceptors (Lipinski definition) is 4. The molecule has 0 amide bonds. The molecule has 4 heteroatoms. The maximum Gasteiger partial charge on any atom is 0.191 e. The topological polar surface area (TPSA) is 45.6 Å². The molecule has 4 nitrogen and oxygen atoms in total. The van der Waals surface area contributed by atoms with E-state index in [-0.39, 0.29) is 6.10 Å². The molecule has 3 rings (SSSR count). The molecular weight excluding hydrogens is 262 g/mol. The van der Waals surface area contributed by atoms with Gasteiger partial charge in [-0.05, 0) is 32.3 Å². The second kappa shape index (κ2) is 6.48. The van der Waals surface area contributed by atoms with Gasteiger partial charge in [0.1, 0.15) is 0 Å². The Labute approximate surface area is 127 Å². The number of nitrogens with zero attached hydrogens (tertiary/aromatic N) is 1. The fraction of sp³-hybridized carbons (Fsp3) is 0.588. The van der Waals surface area contributed by atoms with Crippen LogP contribution in [0.2, 0.25) is 0 Å². The quantitative estimate of drug-likeness (QED) is 0.897. The number of aliphatic imine (C=N–C) groups is 1. The molecule has 3 atom stereocenters. The van der Waals surface area contributed by atoms with Crippen molar-refractivity contribution in [3.05, 3.63) is 35.4 Å². The van der Waals surface area contributed by atoms with Crippen molar-refractivity contribution >= 4 is 5.96 Å². The first-order valence-electron chi connectivity index (χ1n) is 7.95. The zero-order chi connectivity index (χ0) is 14.7. The molecular formula is C17H25N3O. The first kappa shape index (κ1) is 14.4. The molecule has 1 aromatic rings. The SMILES string of the molecule is Cc1ccc(C2OCCCC2CNC2=NCC(C)N2)cc1. The van der Waals surface area contributed by atoms with E-state index in [1.807, 2.05) is 0 Å². The Hall–Kier alpha value is -1.55. The van der Waals surface area contributed by atoms with Gasteiger partial charge < -0.3 is 15.4 Å². The van der Waals surface area contributed by atoms with Gasteiger partial charge in [0.05, 0.1) is 12.6 Å². The summed E-state index contributed by atoms with van der Waals surface area (Å²) in [5.41, 5.74) is 2.59. The van der Waals surface area contributed by atoms with E-state index in [0.717, 1.165) is 32.1 Å². The Kier molecular flexibility index (Phi) is 4.44. The minimum absolute atomic E-state index is 0.200. The van der Waals surface area contributed by atoms with Gasteiger partial charge in [-0.1, -0.05) is 29.8 Å². The molecule has 1 saturated heterocycles. The van der Waals surface area contributed by atoms with Gasteiger partial charge in [0.2, 0.25) is 0 Å². The predicted octanol–water partition coefficient (Wildman–Crippen LogP) is 2.40. The van der Waals surface area contributed by atoms with Gasteiger partial charge in [0.25, 0.3) is 0 Å². The Morgan fingerprint density at radius 3 is 2.86 bits per heavy atom. The van der Waals surface area contributed by atoms with Crippen LogP contribution >= 0.6 is 0 Å². The zero-order valence-corrected chi connectivity index (χ0v) is 12.9. The number of guanidine groups is 1. The first-order valence-corrected chi connectivity index (χ1v) is 7.95. The van der Waals surface area contributed by atoms with E-state index in [2.05, 4.69) is 53.7 Å². The van der Waals surface area contributed by atoms with E-state index in [4.69, 9.17) is 4.74 Å². The molecule has 0 saturated carbocycles. The molecule has 0 aromatic heterocycles. The largest absolute Gasteiger partial charge is 0.373 e. The molecule has 2 N–H and O–H groups in total. The van der Waals surface area contributed by atoms with Crippen molar-refractivity contribution in [3.63, 3.8) is 0 Å².